The maximum absolute atomic E-state index is 12.7. The highest BCUT2D eigenvalue weighted by atomic mass is 32.1. The lowest BCUT2D eigenvalue weighted by Crippen LogP contribution is -2.51. The number of nitrogens with two attached hydrogens (primary N) is 1. The molecule has 0 aromatic heterocycles. The van der Waals surface area contributed by atoms with Crippen molar-refractivity contribution >= 4 is 23.1 Å². The number of hydrogen-bond acceptors (Lipinski definition) is 3. The Balaban J connectivity index is 1.93. The number of thiocarbonyl (C=S) groups is 1. The van der Waals surface area contributed by atoms with Crippen LogP contribution in [-0.2, 0) is 4.79 Å². The van der Waals surface area contributed by atoms with Crippen LogP contribution in [-0.4, -0.2) is 41.5 Å². The van der Waals surface area contributed by atoms with Gasteiger partial charge in [-0.15, -0.1) is 0 Å². The Kier molecular flexibility index (Phi) is 5.60. The average Bonchev–Trinajstić information content (AvgIpc) is 3.28. The fourth-order valence-electron chi connectivity index (χ4n) is 3.31. The van der Waals surface area contributed by atoms with Crippen LogP contribution in [0.4, 0.5) is 0 Å². The predicted molar refractivity (Wildman–Crippen MR) is 90.2 cm³/mol. The molecule has 21 heavy (non-hydrogen) atoms. The van der Waals surface area contributed by atoms with Gasteiger partial charge >= 0.3 is 0 Å². The van der Waals surface area contributed by atoms with Crippen molar-refractivity contribution in [1.82, 2.24) is 10.2 Å². The maximum Gasteiger partial charge on any atom is 0.233 e. The molecule has 0 radical (unpaired) electrons. The first kappa shape index (κ1) is 16.7. The summed E-state index contributed by atoms with van der Waals surface area (Å²) in [5.74, 6) is 0.0490. The molecule has 4 nitrogen and oxygen atoms in total. The number of rotatable bonds is 6. The van der Waals surface area contributed by atoms with E-state index in [0.717, 1.165) is 25.7 Å². The van der Waals surface area contributed by atoms with Gasteiger partial charge in [0, 0.05) is 18.6 Å². The zero-order valence-electron chi connectivity index (χ0n) is 13.4. The van der Waals surface area contributed by atoms with E-state index in [-0.39, 0.29) is 5.91 Å². The summed E-state index contributed by atoms with van der Waals surface area (Å²) in [6.07, 6.45) is 8.63. The van der Waals surface area contributed by atoms with Crippen molar-refractivity contribution in [3.63, 3.8) is 0 Å². The molecule has 120 valence electrons. The number of likely N-dealkylation sites (N-methyl/N-ethyl adjacent to an activating group) is 1. The minimum absolute atomic E-state index is 0.0490. The molecule has 0 bridgehead atoms. The van der Waals surface area contributed by atoms with Crippen LogP contribution < -0.4 is 11.1 Å². The first-order valence-electron chi connectivity index (χ1n) is 8.27. The summed E-state index contributed by atoms with van der Waals surface area (Å²) < 4.78 is 0. The first-order valence-corrected chi connectivity index (χ1v) is 8.68. The predicted octanol–water partition coefficient (Wildman–Crippen LogP) is 2.21. The van der Waals surface area contributed by atoms with Crippen LogP contribution in [0.5, 0.6) is 0 Å². The van der Waals surface area contributed by atoms with Crippen molar-refractivity contribution in [3.05, 3.63) is 0 Å². The van der Waals surface area contributed by atoms with Crippen LogP contribution in [0, 0.1) is 5.41 Å². The normalized spacial score (nSPS) is 23.4. The highest BCUT2D eigenvalue weighted by Gasteiger charge is 2.41. The second-order valence-electron chi connectivity index (χ2n) is 6.82. The Morgan fingerprint density at radius 3 is 2.38 bits per heavy atom. The zero-order chi connectivity index (χ0) is 15.5. The first-order chi connectivity index (χ1) is 9.97. The van der Waals surface area contributed by atoms with Gasteiger partial charge in [-0.2, -0.15) is 0 Å². The molecule has 1 unspecified atom stereocenters. The third-order valence-electron chi connectivity index (χ3n) is 5.24. The van der Waals surface area contributed by atoms with Crippen LogP contribution in [0.15, 0.2) is 0 Å². The fourth-order valence-corrected chi connectivity index (χ4v) is 3.61. The molecular weight excluding hydrogens is 282 g/mol. The molecule has 0 aliphatic heterocycles. The third kappa shape index (κ3) is 3.95. The van der Waals surface area contributed by atoms with Gasteiger partial charge in [-0.1, -0.05) is 37.9 Å². The van der Waals surface area contributed by atoms with E-state index in [1.807, 2.05) is 0 Å². The lowest BCUT2D eigenvalue weighted by molar-refractivity contribution is -0.128. The van der Waals surface area contributed by atoms with Crippen molar-refractivity contribution in [3.8, 4) is 0 Å². The maximum atomic E-state index is 12.7. The molecule has 2 aliphatic rings. The fraction of sp³-hybridized carbons (Fsp3) is 0.875. The van der Waals surface area contributed by atoms with Crippen molar-refractivity contribution in [2.45, 2.75) is 70.4 Å². The molecule has 0 heterocycles. The smallest absolute Gasteiger partial charge is 0.233 e. The summed E-state index contributed by atoms with van der Waals surface area (Å²) in [5.41, 5.74) is 5.35. The molecule has 2 saturated carbocycles. The Hall–Kier alpha value is -0.680. The molecule has 2 fully saturated rings. The summed E-state index contributed by atoms with van der Waals surface area (Å²) in [6.45, 7) is 2.84. The largest absolute Gasteiger partial charge is 0.392 e. The highest BCUT2D eigenvalue weighted by molar-refractivity contribution is 7.80. The molecule has 1 amide bonds. The molecule has 0 aromatic rings. The van der Waals surface area contributed by atoms with Crippen LogP contribution in [0.3, 0.4) is 0 Å². The van der Waals surface area contributed by atoms with E-state index in [1.165, 1.54) is 25.7 Å². The Bertz CT molecular complexity index is 387. The summed E-state index contributed by atoms with van der Waals surface area (Å²) in [6, 6.07) is 1.06. The molecule has 0 saturated heterocycles. The molecule has 0 spiro atoms. The number of nitrogens with zero attached hydrogens (tertiary/aromatic N) is 1. The molecule has 0 aromatic carbocycles. The second kappa shape index (κ2) is 7.05. The molecule has 1 atom stereocenters. The van der Waals surface area contributed by atoms with E-state index in [9.17, 15) is 4.79 Å². The number of nitrogens with one attached hydrogen (secondary N) is 1. The van der Waals surface area contributed by atoms with Gasteiger partial charge < -0.3 is 11.1 Å². The topological polar surface area (TPSA) is 58.4 Å². The van der Waals surface area contributed by atoms with E-state index in [2.05, 4.69) is 24.2 Å². The van der Waals surface area contributed by atoms with Gasteiger partial charge in [-0.05, 0) is 39.7 Å². The summed E-state index contributed by atoms with van der Waals surface area (Å²) >= 11 is 5.25. The number of carbonyl (C=O) groups excluding carboxylic acids is 1. The molecule has 5 heteroatoms. The molecule has 3 N–H and O–H groups in total. The van der Waals surface area contributed by atoms with E-state index in [0.29, 0.717) is 23.6 Å². The third-order valence-corrected chi connectivity index (χ3v) is 5.63. The Morgan fingerprint density at radius 1 is 1.33 bits per heavy atom. The SMILES string of the molecule is CC(CNC(=O)C1(C(N)=S)CCCCCC1)N(C)C1CC1. The van der Waals surface area contributed by atoms with E-state index in [4.69, 9.17) is 18.0 Å². The number of hydrogen-bond donors (Lipinski definition) is 2. The Morgan fingerprint density at radius 2 is 1.90 bits per heavy atom. The molecule has 2 aliphatic carbocycles. The van der Waals surface area contributed by atoms with Gasteiger partial charge in [-0.3, -0.25) is 9.69 Å². The van der Waals surface area contributed by atoms with Crippen LogP contribution in [0.2, 0.25) is 0 Å². The van der Waals surface area contributed by atoms with Crippen molar-refractivity contribution in [1.29, 1.82) is 0 Å². The summed E-state index contributed by atoms with van der Waals surface area (Å²) in [5, 5.41) is 3.12. The van der Waals surface area contributed by atoms with Crippen molar-refractivity contribution in [2.24, 2.45) is 11.1 Å². The van der Waals surface area contributed by atoms with Crippen molar-refractivity contribution < 1.29 is 4.79 Å². The second-order valence-corrected chi connectivity index (χ2v) is 7.26. The van der Waals surface area contributed by atoms with Gasteiger partial charge in [0.1, 0.15) is 0 Å². The van der Waals surface area contributed by atoms with Crippen molar-refractivity contribution in [2.75, 3.05) is 13.6 Å². The van der Waals surface area contributed by atoms with Gasteiger partial charge in [0.15, 0.2) is 0 Å². The van der Waals surface area contributed by atoms with Gasteiger partial charge in [0.2, 0.25) is 5.91 Å². The summed E-state index contributed by atoms with van der Waals surface area (Å²) in [4.78, 5) is 15.5. The monoisotopic (exact) mass is 311 g/mol. The molecular formula is C16H29N3OS. The van der Waals surface area contributed by atoms with E-state index < -0.39 is 5.41 Å². The zero-order valence-corrected chi connectivity index (χ0v) is 14.2. The standard InChI is InChI=1S/C16H29N3OS/c1-12(19(2)13-7-8-13)11-18-15(20)16(14(17)21)9-5-3-4-6-10-16/h12-13H,3-11H2,1-2H3,(H2,17,21)(H,18,20). The quantitative estimate of drug-likeness (QED) is 0.583. The molecule has 2 rings (SSSR count). The highest BCUT2D eigenvalue weighted by Crippen LogP contribution is 2.36. The van der Waals surface area contributed by atoms with Crippen LogP contribution in [0.25, 0.3) is 0 Å². The number of carbonyl (C=O) groups is 1. The number of amides is 1. The van der Waals surface area contributed by atoms with Crippen LogP contribution >= 0.6 is 12.2 Å². The van der Waals surface area contributed by atoms with Gasteiger partial charge in [-0.25, -0.2) is 0 Å². The average molecular weight is 311 g/mol. The van der Waals surface area contributed by atoms with E-state index in [1.54, 1.807) is 0 Å². The lowest BCUT2D eigenvalue weighted by atomic mass is 9.79. The summed E-state index contributed by atoms with van der Waals surface area (Å²) in [7, 11) is 2.14. The van der Waals surface area contributed by atoms with Gasteiger partial charge in [0.25, 0.3) is 0 Å². The minimum atomic E-state index is -0.607. The van der Waals surface area contributed by atoms with Gasteiger partial charge in [0.05, 0.1) is 10.4 Å². The van der Waals surface area contributed by atoms with Crippen LogP contribution in [0.1, 0.15) is 58.3 Å². The lowest BCUT2D eigenvalue weighted by Gasteiger charge is -2.32. The minimum Gasteiger partial charge on any atom is -0.392 e. The Labute approximate surface area is 133 Å². The van der Waals surface area contributed by atoms with E-state index >= 15 is 0 Å².